The zero-order chi connectivity index (χ0) is 14.7. The standard InChI is InChI=1S/C14H20N4O3/c15-11-2-1-3-16-13(11)17-4-6-18(7-5-17)14(19)12-10-20-8-9-21-12/h1-3,12H,4-10,15H2. The average Bonchev–Trinajstić information content (AvgIpc) is 2.56. The van der Waals surface area contributed by atoms with Gasteiger partial charge in [0.2, 0.25) is 0 Å². The lowest BCUT2D eigenvalue weighted by Crippen LogP contribution is -2.53. The predicted molar refractivity (Wildman–Crippen MR) is 78.0 cm³/mol. The van der Waals surface area contributed by atoms with Crippen LogP contribution in [0.4, 0.5) is 11.5 Å². The van der Waals surface area contributed by atoms with Crippen LogP contribution >= 0.6 is 0 Å². The number of anilines is 2. The second kappa shape index (κ2) is 6.28. The van der Waals surface area contributed by atoms with E-state index in [4.69, 9.17) is 15.2 Å². The predicted octanol–water partition coefficient (Wildman–Crippen LogP) is -0.272. The van der Waals surface area contributed by atoms with Crippen LogP contribution in [0.15, 0.2) is 18.3 Å². The van der Waals surface area contributed by atoms with Gasteiger partial charge in [0.15, 0.2) is 11.9 Å². The summed E-state index contributed by atoms with van der Waals surface area (Å²) in [5.74, 6) is 0.810. The van der Waals surface area contributed by atoms with Gasteiger partial charge < -0.3 is 25.0 Å². The lowest BCUT2D eigenvalue weighted by molar-refractivity contribution is -0.158. The van der Waals surface area contributed by atoms with Crippen LogP contribution in [0.2, 0.25) is 0 Å². The maximum atomic E-state index is 12.3. The van der Waals surface area contributed by atoms with Gasteiger partial charge in [0.25, 0.3) is 5.91 Å². The van der Waals surface area contributed by atoms with Crippen molar-refractivity contribution in [2.24, 2.45) is 0 Å². The summed E-state index contributed by atoms with van der Waals surface area (Å²) < 4.78 is 10.8. The first kappa shape index (κ1) is 14.1. The van der Waals surface area contributed by atoms with Crippen molar-refractivity contribution in [2.75, 3.05) is 56.6 Å². The van der Waals surface area contributed by atoms with Gasteiger partial charge in [0.05, 0.1) is 25.5 Å². The van der Waals surface area contributed by atoms with E-state index in [1.165, 1.54) is 0 Å². The van der Waals surface area contributed by atoms with Gasteiger partial charge in [-0.15, -0.1) is 0 Å². The number of nitrogens with zero attached hydrogens (tertiary/aromatic N) is 3. The van der Waals surface area contributed by atoms with Crippen LogP contribution in [0, 0.1) is 0 Å². The highest BCUT2D eigenvalue weighted by molar-refractivity contribution is 5.81. The van der Waals surface area contributed by atoms with Gasteiger partial charge in [0.1, 0.15) is 0 Å². The first-order chi connectivity index (χ1) is 10.3. The number of amides is 1. The molecule has 21 heavy (non-hydrogen) atoms. The number of carbonyl (C=O) groups excluding carboxylic acids is 1. The number of carbonyl (C=O) groups is 1. The van der Waals surface area contributed by atoms with E-state index in [1.807, 2.05) is 17.0 Å². The second-order valence-corrected chi connectivity index (χ2v) is 5.16. The molecule has 3 rings (SSSR count). The molecular formula is C14H20N4O3. The molecule has 0 bridgehead atoms. The molecule has 3 heterocycles. The Hall–Kier alpha value is -1.86. The number of nitrogen functional groups attached to an aromatic ring is 1. The van der Waals surface area contributed by atoms with Crippen LogP contribution in [0.1, 0.15) is 0 Å². The van der Waals surface area contributed by atoms with Crippen LogP contribution in [-0.2, 0) is 14.3 Å². The summed E-state index contributed by atoms with van der Waals surface area (Å²) in [6.45, 7) is 4.15. The number of nitrogens with two attached hydrogens (primary N) is 1. The Morgan fingerprint density at radius 1 is 1.29 bits per heavy atom. The van der Waals surface area contributed by atoms with Crippen LogP contribution < -0.4 is 10.6 Å². The molecule has 1 unspecified atom stereocenters. The minimum atomic E-state index is -0.454. The molecule has 2 saturated heterocycles. The van der Waals surface area contributed by atoms with Crippen LogP contribution in [0.3, 0.4) is 0 Å². The van der Waals surface area contributed by atoms with Crippen molar-refractivity contribution in [2.45, 2.75) is 6.10 Å². The van der Waals surface area contributed by atoms with E-state index in [2.05, 4.69) is 9.88 Å². The molecule has 1 aromatic rings. The normalized spacial score (nSPS) is 23.1. The molecule has 1 amide bonds. The highest BCUT2D eigenvalue weighted by Gasteiger charge is 2.30. The van der Waals surface area contributed by atoms with Gasteiger partial charge in [-0.25, -0.2) is 4.98 Å². The van der Waals surface area contributed by atoms with Crippen LogP contribution in [0.25, 0.3) is 0 Å². The third-order valence-electron chi connectivity index (χ3n) is 3.80. The molecule has 0 aliphatic carbocycles. The fraction of sp³-hybridized carbons (Fsp3) is 0.571. The third kappa shape index (κ3) is 3.08. The SMILES string of the molecule is Nc1cccnc1N1CCN(C(=O)C2COCCO2)CC1. The van der Waals surface area contributed by atoms with Crippen molar-refractivity contribution in [3.63, 3.8) is 0 Å². The van der Waals surface area contributed by atoms with E-state index in [0.717, 1.165) is 18.9 Å². The van der Waals surface area contributed by atoms with Gasteiger partial charge >= 0.3 is 0 Å². The molecule has 2 aliphatic rings. The molecule has 7 nitrogen and oxygen atoms in total. The summed E-state index contributed by atoms with van der Waals surface area (Å²) in [6, 6.07) is 3.66. The lowest BCUT2D eigenvalue weighted by Gasteiger charge is -2.37. The highest BCUT2D eigenvalue weighted by Crippen LogP contribution is 2.21. The van der Waals surface area contributed by atoms with Gasteiger partial charge in [-0.2, -0.15) is 0 Å². The van der Waals surface area contributed by atoms with E-state index in [1.54, 1.807) is 6.20 Å². The lowest BCUT2D eigenvalue weighted by atomic mass is 10.2. The number of rotatable bonds is 2. The fourth-order valence-electron chi connectivity index (χ4n) is 2.65. The zero-order valence-electron chi connectivity index (χ0n) is 11.9. The molecule has 1 atom stereocenters. The van der Waals surface area contributed by atoms with Crippen molar-refractivity contribution >= 4 is 17.4 Å². The van der Waals surface area contributed by atoms with Crippen LogP contribution in [0.5, 0.6) is 0 Å². The molecule has 0 radical (unpaired) electrons. The van der Waals surface area contributed by atoms with Crippen molar-refractivity contribution in [3.8, 4) is 0 Å². The summed E-state index contributed by atoms with van der Waals surface area (Å²) in [5.41, 5.74) is 6.61. The van der Waals surface area contributed by atoms with Gasteiger partial charge in [0, 0.05) is 32.4 Å². The van der Waals surface area contributed by atoms with Gasteiger partial charge in [-0.3, -0.25) is 4.79 Å². The van der Waals surface area contributed by atoms with E-state index in [-0.39, 0.29) is 5.91 Å². The number of hydrogen-bond donors (Lipinski definition) is 1. The Morgan fingerprint density at radius 2 is 2.10 bits per heavy atom. The molecule has 2 fully saturated rings. The summed E-state index contributed by atoms with van der Waals surface area (Å²) in [6.07, 6.45) is 1.28. The maximum Gasteiger partial charge on any atom is 0.254 e. The molecular weight excluding hydrogens is 272 g/mol. The molecule has 114 valence electrons. The summed E-state index contributed by atoms with van der Waals surface area (Å²) in [5, 5.41) is 0. The van der Waals surface area contributed by atoms with Crippen molar-refractivity contribution in [3.05, 3.63) is 18.3 Å². The molecule has 1 aromatic heterocycles. The summed E-state index contributed by atoms with van der Waals surface area (Å²) in [4.78, 5) is 20.6. The Balaban J connectivity index is 1.57. The monoisotopic (exact) mass is 292 g/mol. The molecule has 0 spiro atoms. The summed E-state index contributed by atoms with van der Waals surface area (Å²) in [7, 11) is 0. The van der Waals surface area contributed by atoms with Gasteiger partial charge in [-0.1, -0.05) is 0 Å². The number of ether oxygens (including phenoxy) is 2. The van der Waals surface area contributed by atoms with Gasteiger partial charge in [-0.05, 0) is 12.1 Å². The molecule has 2 N–H and O–H groups in total. The van der Waals surface area contributed by atoms with Crippen LogP contribution in [-0.4, -0.2) is 67.9 Å². The quantitative estimate of drug-likeness (QED) is 0.808. The summed E-state index contributed by atoms with van der Waals surface area (Å²) >= 11 is 0. The van der Waals surface area contributed by atoms with Crippen molar-refractivity contribution in [1.29, 1.82) is 0 Å². The van der Waals surface area contributed by atoms with E-state index >= 15 is 0 Å². The van der Waals surface area contributed by atoms with E-state index in [9.17, 15) is 4.79 Å². The highest BCUT2D eigenvalue weighted by atomic mass is 16.6. The second-order valence-electron chi connectivity index (χ2n) is 5.16. The number of pyridine rings is 1. The Bertz CT molecular complexity index is 497. The fourth-order valence-corrected chi connectivity index (χ4v) is 2.65. The van der Waals surface area contributed by atoms with Crippen molar-refractivity contribution in [1.82, 2.24) is 9.88 Å². The number of hydrogen-bond acceptors (Lipinski definition) is 6. The molecule has 0 aromatic carbocycles. The first-order valence-corrected chi connectivity index (χ1v) is 7.19. The smallest absolute Gasteiger partial charge is 0.254 e. The average molecular weight is 292 g/mol. The largest absolute Gasteiger partial charge is 0.396 e. The number of aromatic nitrogens is 1. The minimum Gasteiger partial charge on any atom is -0.396 e. The molecule has 0 saturated carbocycles. The molecule has 2 aliphatic heterocycles. The third-order valence-corrected chi connectivity index (χ3v) is 3.80. The Kier molecular flexibility index (Phi) is 4.21. The molecule has 7 heteroatoms. The van der Waals surface area contributed by atoms with E-state index < -0.39 is 6.10 Å². The minimum absolute atomic E-state index is 0.0170. The first-order valence-electron chi connectivity index (χ1n) is 7.19. The zero-order valence-corrected chi connectivity index (χ0v) is 11.9. The topological polar surface area (TPSA) is 80.9 Å². The van der Waals surface area contributed by atoms with Crippen molar-refractivity contribution < 1.29 is 14.3 Å². The maximum absolute atomic E-state index is 12.3. The Labute approximate surface area is 123 Å². The van der Waals surface area contributed by atoms with E-state index in [0.29, 0.717) is 38.6 Å². The Morgan fingerprint density at radius 3 is 2.76 bits per heavy atom. The number of piperazine rings is 1.